The molecular formula is C22H30N2O4S. The minimum absolute atomic E-state index is 0.0857. The minimum atomic E-state index is -3.51. The van der Waals surface area contributed by atoms with Gasteiger partial charge in [0.05, 0.1) is 19.1 Å². The fourth-order valence-corrected chi connectivity index (χ4v) is 4.06. The molecule has 1 amide bonds. The largest absolute Gasteiger partial charge is 0.495 e. The summed E-state index contributed by atoms with van der Waals surface area (Å²) in [7, 11) is -2.00. The fraction of sp³-hybridized carbons (Fsp3) is 0.409. The van der Waals surface area contributed by atoms with Crippen LogP contribution in [0.25, 0.3) is 0 Å². The third kappa shape index (κ3) is 6.78. The second kappa shape index (κ2) is 10.3. The number of benzene rings is 2. The highest BCUT2D eigenvalue weighted by Gasteiger charge is 2.21. The molecule has 0 fully saturated rings. The molecule has 1 atom stereocenters. The molecule has 0 spiro atoms. The molecule has 0 aromatic heterocycles. The molecule has 0 bridgehead atoms. The summed E-state index contributed by atoms with van der Waals surface area (Å²) < 4.78 is 31.3. The van der Waals surface area contributed by atoms with Gasteiger partial charge in [0, 0.05) is 19.5 Å². The Hall–Kier alpha value is -2.54. The van der Waals surface area contributed by atoms with E-state index in [1.165, 1.54) is 17.0 Å². The van der Waals surface area contributed by atoms with Gasteiger partial charge >= 0.3 is 0 Å². The molecule has 2 rings (SSSR count). The van der Waals surface area contributed by atoms with Crippen LogP contribution < -0.4 is 14.4 Å². The highest BCUT2D eigenvalue weighted by molar-refractivity contribution is 7.92. The molecule has 29 heavy (non-hydrogen) atoms. The van der Waals surface area contributed by atoms with Gasteiger partial charge in [0.25, 0.3) is 0 Å². The summed E-state index contributed by atoms with van der Waals surface area (Å²) in [6, 6.07) is 15.4. The maximum atomic E-state index is 12.3. The van der Waals surface area contributed by atoms with Crippen molar-refractivity contribution in [1.82, 2.24) is 5.32 Å². The molecule has 7 heteroatoms. The summed E-state index contributed by atoms with van der Waals surface area (Å²) in [5.41, 5.74) is 2.60. The van der Waals surface area contributed by atoms with Gasteiger partial charge in [-0.3, -0.25) is 9.10 Å². The van der Waals surface area contributed by atoms with Crippen LogP contribution in [0.4, 0.5) is 5.69 Å². The van der Waals surface area contributed by atoms with E-state index in [0.717, 1.165) is 11.8 Å². The van der Waals surface area contributed by atoms with Crippen molar-refractivity contribution in [2.45, 2.75) is 32.6 Å². The second-order valence-electron chi connectivity index (χ2n) is 7.23. The quantitative estimate of drug-likeness (QED) is 0.641. The van der Waals surface area contributed by atoms with E-state index in [1.54, 1.807) is 12.1 Å². The molecule has 0 aliphatic heterocycles. The van der Waals surface area contributed by atoms with E-state index < -0.39 is 10.0 Å². The summed E-state index contributed by atoms with van der Waals surface area (Å²) in [5, 5.41) is 2.93. The van der Waals surface area contributed by atoms with Crippen molar-refractivity contribution in [3.63, 3.8) is 0 Å². The van der Waals surface area contributed by atoms with Gasteiger partial charge in [-0.15, -0.1) is 0 Å². The minimum Gasteiger partial charge on any atom is -0.495 e. The molecule has 158 valence electrons. The predicted octanol–water partition coefficient (Wildman–Crippen LogP) is 3.47. The molecule has 0 aliphatic carbocycles. The number of hydrogen-bond donors (Lipinski definition) is 1. The molecule has 1 N–H and O–H groups in total. The average Bonchev–Trinajstić information content (AvgIpc) is 2.69. The number of carbonyl (C=O) groups excluding carboxylic acids is 1. The van der Waals surface area contributed by atoms with Gasteiger partial charge in [-0.1, -0.05) is 43.3 Å². The van der Waals surface area contributed by atoms with E-state index in [4.69, 9.17) is 4.74 Å². The number of amides is 1. The number of sulfonamides is 1. The standard InChI is InChI=1S/C22H30N2O4S/c1-17-12-13-21(28-3)20(15-17)24(29(4,26)27)14-8-11-22(25)23-16-18(2)19-9-6-5-7-10-19/h5-7,9-10,12-13,15,18H,8,11,14,16H2,1-4H3,(H,23,25)/t18-/m0/s1. The van der Waals surface area contributed by atoms with Gasteiger partial charge in [-0.25, -0.2) is 8.42 Å². The Labute approximate surface area is 173 Å². The Morgan fingerprint density at radius 2 is 1.86 bits per heavy atom. The molecule has 0 unspecified atom stereocenters. The molecule has 0 radical (unpaired) electrons. The van der Waals surface area contributed by atoms with E-state index in [0.29, 0.717) is 24.4 Å². The molecule has 2 aromatic carbocycles. The topological polar surface area (TPSA) is 75.7 Å². The maximum absolute atomic E-state index is 12.3. The van der Waals surface area contributed by atoms with Crippen LogP contribution >= 0.6 is 0 Å². The van der Waals surface area contributed by atoms with E-state index in [-0.39, 0.29) is 24.8 Å². The summed E-state index contributed by atoms with van der Waals surface area (Å²) >= 11 is 0. The van der Waals surface area contributed by atoms with Crippen molar-refractivity contribution < 1.29 is 17.9 Å². The number of methoxy groups -OCH3 is 1. The van der Waals surface area contributed by atoms with Crippen molar-refractivity contribution in [1.29, 1.82) is 0 Å². The fourth-order valence-electron chi connectivity index (χ4n) is 3.10. The summed E-state index contributed by atoms with van der Waals surface area (Å²) in [6.07, 6.45) is 1.83. The van der Waals surface area contributed by atoms with E-state index >= 15 is 0 Å². The first kappa shape index (κ1) is 22.7. The number of rotatable bonds is 10. The molecule has 0 aliphatic rings. The molecule has 0 saturated heterocycles. The van der Waals surface area contributed by atoms with Crippen molar-refractivity contribution in [3.8, 4) is 5.75 Å². The van der Waals surface area contributed by atoms with Crippen LogP contribution in [0, 0.1) is 6.92 Å². The number of nitrogens with one attached hydrogen (secondary N) is 1. The van der Waals surface area contributed by atoms with E-state index in [9.17, 15) is 13.2 Å². The molecular weight excluding hydrogens is 388 g/mol. The van der Waals surface area contributed by atoms with Gasteiger partial charge in [-0.05, 0) is 42.5 Å². The average molecular weight is 419 g/mol. The van der Waals surface area contributed by atoms with Crippen LogP contribution in [0.15, 0.2) is 48.5 Å². The monoisotopic (exact) mass is 418 g/mol. The summed E-state index contributed by atoms with van der Waals surface area (Å²) in [4.78, 5) is 12.2. The zero-order valence-corrected chi connectivity index (χ0v) is 18.3. The first-order chi connectivity index (χ1) is 13.7. The van der Waals surface area contributed by atoms with Crippen LogP contribution in [0.5, 0.6) is 5.75 Å². The van der Waals surface area contributed by atoms with Crippen LogP contribution in [-0.2, 0) is 14.8 Å². The number of aryl methyl sites for hydroxylation is 1. The Kier molecular flexibility index (Phi) is 8.08. The predicted molar refractivity (Wildman–Crippen MR) is 117 cm³/mol. The van der Waals surface area contributed by atoms with Gasteiger partial charge < -0.3 is 10.1 Å². The normalized spacial score (nSPS) is 12.3. The van der Waals surface area contributed by atoms with Gasteiger partial charge in [0.1, 0.15) is 5.75 Å². The zero-order valence-electron chi connectivity index (χ0n) is 17.5. The zero-order chi connectivity index (χ0) is 21.4. The van der Waals surface area contributed by atoms with Gasteiger partial charge in [-0.2, -0.15) is 0 Å². The number of nitrogens with zero attached hydrogens (tertiary/aromatic N) is 1. The van der Waals surface area contributed by atoms with Gasteiger partial charge in [0.2, 0.25) is 15.9 Å². The smallest absolute Gasteiger partial charge is 0.232 e. The number of anilines is 1. The van der Waals surface area contributed by atoms with Crippen molar-refractivity contribution in [2.75, 3.05) is 30.8 Å². The molecule has 6 nitrogen and oxygen atoms in total. The number of hydrogen-bond acceptors (Lipinski definition) is 4. The lowest BCUT2D eigenvalue weighted by atomic mass is 10.0. The van der Waals surface area contributed by atoms with E-state index in [2.05, 4.69) is 12.2 Å². The first-order valence-electron chi connectivity index (χ1n) is 9.66. The molecule has 0 saturated carbocycles. The van der Waals surface area contributed by atoms with Crippen molar-refractivity contribution >= 4 is 21.6 Å². The summed E-state index contributed by atoms with van der Waals surface area (Å²) in [6.45, 7) is 4.71. The highest BCUT2D eigenvalue weighted by Crippen LogP contribution is 2.31. The van der Waals surface area contributed by atoms with Crippen LogP contribution in [0.3, 0.4) is 0 Å². The van der Waals surface area contributed by atoms with Crippen LogP contribution in [0.1, 0.15) is 36.8 Å². The summed E-state index contributed by atoms with van der Waals surface area (Å²) in [5.74, 6) is 0.615. The molecule has 0 heterocycles. The molecule has 2 aromatic rings. The third-order valence-electron chi connectivity index (χ3n) is 4.74. The lowest BCUT2D eigenvalue weighted by Crippen LogP contribution is -2.33. The Balaban J connectivity index is 1.94. The van der Waals surface area contributed by atoms with Crippen molar-refractivity contribution in [3.05, 3.63) is 59.7 Å². The number of ether oxygens (including phenoxy) is 1. The van der Waals surface area contributed by atoms with Crippen LogP contribution in [0.2, 0.25) is 0 Å². The first-order valence-corrected chi connectivity index (χ1v) is 11.5. The third-order valence-corrected chi connectivity index (χ3v) is 5.92. The Morgan fingerprint density at radius 3 is 2.48 bits per heavy atom. The lowest BCUT2D eigenvalue weighted by Gasteiger charge is -2.24. The Morgan fingerprint density at radius 1 is 1.17 bits per heavy atom. The van der Waals surface area contributed by atoms with Crippen LogP contribution in [-0.4, -0.2) is 40.8 Å². The second-order valence-corrected chi connectivity index (χ2v) is 9.14. The Bertz CT molecular complexity index is 914. The van der Waals surface area contributed by atoms with Gasteiger partial charge in [0.15, 0.2) is 0 Å². The SMILES string of the molecule is COc1ccc(C)cc1N(CCCC(=O)NC[C@H](C)c1ccccc1)S(C)(=O)=O. The maximum Gasteiger partial charge on any atom is 0.232 e. The van der Waals surface area contributed by atoms with Crippen molar-refractivity contribution in [2.24, 2.45) is 0 Å². The highest BCUT2D eigenvalue weighted by atomic mass is 32.2. The van der Waals surface area contributed by atoms with E-state index in [1.807, 2.05) is 43.3 Å². The lowest BCUT2D eigenvalue weighted by molar-refractivity contribution is -0.121. The number of carbonyl (C=O) groups is 1.